The highest BCUT2D eigenvalue weighted by Gasteiger charge is 2.66. The monoisotopic (exact) mass is 443 g/mol. The molecule has 1 N–H and O–H groups in total. The van der Waals surface area contributed by atoms with Gasteiger partial charge in [-0.05, 0) is 52.9 Å². The van der Waals surface area contributed by atoms with Crippen LogP contribution in [-0.4, -0.2) is 33.2 Å². The van der Waals surface area contributed by atoms with Gasteiger partial charge in [-0.25, -0.2) is 4.79 Å². The van der Waals surface area contributed by atoms with Crippen molar-refractivity contribution in [2.45, 2.75) is 37.9 Å². The molecule has 3 aromatic carbocycles. The zero-order valence-electron chi connectivity index (χ0n) is 18.9. The minimum atomic E-state index is -1.28. The topological polar surface area (TPSA) is 89.8 Å². The zero-order valence-corrected chi connectivity index (χ0v) is 18.9. The number of hydrogen-bond donors (Lipinski definition) is 1. The Morgan fingerprint density at radius 1 is 1.03 bits per heavy atom. The number of epoxide rings is 1. The average Bonchev–Trinajstić information content (AvgIpc) is 3.41. The van der Waals surface area contributed by atoms with Gasteiger partial charge in [-0.2, -0.15) is 4.80 Å². The second-order valence-electron chi connectivity index (χ2n) is 9.31. The third-order valence-corrected chi connectivity index (χ3v) is 6.03. The van der Waals surface area contributed by atoms with E-state index in [0.717, 1.165) is 27.8 Å². The first-order chi connectivity index (χ1) is 15.7. The highest BCUT2D eigenvalue weighted by Crippen LogP contribution is 2.58. The number of hydrogen-bond acceptors (Lipinski definition) is 6. The summed E-state index contributed by atoms with van der Waals surface area (Å²) in [6.07, 6.45) is -0.529. The molecule has 1 saturated heterocycles. The molecule has 2 unspecified atom stereocenters. The molecule has 33 heavy (non-hydrogen) atoms. The fourth-order valence-electron chi connectivity index (χ4n) is 4.10. The molecule has 4 aromatic rings. The second kappa shape index (κ2) is 7.42. The lowest BCUT2D eigenvalue weighted by Crippen LogP contribution is -2.26. The number of benzene rings is 3. The van der Waals surface area contributed by atoms with Crippen LogP contribution in [0.3, 0.4) is 0 Å². The van der Waals surface area contributed by atoms with E-state index < -0.39 is 17.7 Å². The third kappa shape index (κ3) is 3.54. The highest BCUT2D eigenvalue weighted by molar-refractivity contribution is 5.86. The summed E-state index contributed by atoms with van der Waals surface area (Å²) in [6.45, 7) is 6.33. The standard InChI is InChI=1S/C26H25N3O4/c1-25(2,3)17-13-18(15-19(14-17)29-27-21-7-5-6-8-22(21)28-29)26(24(31)32-4)23(33-26)16-9-11-20(30)12-10-16/h5-15,23,30H,1-4H3. The molecular weight excluding hydrogens is 418 g/mol. The SMILES string of the molecule is COC(=O)C1(c2cc(-n3nc4ccccc4n3)cc(C(C)(C)C)c2)OC1c1ccc(O)cc1. The summed E-state index contributed by atoms with van der Waals surface area (Å²) in [5.74, 6) is -0.326. The first-order valence-electron chi connectivity index (χ1n) is 10.8. The molecule has 1 aromatic heterocycles. The highest BCUT2D eigenvalue weighted by atomic mass is 16.7. The molecule has 0 bridgehead atoms. The van der Waals surface area contributed by atoms with Crippen LogP contribution in [0.4, 0.5) is 0 Å². The maximum absolute atomic E-state index is 13.1. The van der Waals surface area contributed by atoms with Crippen molar-refractivity contribution >= 4 is 17.0 Å². The van der Waals surface area contributed by atoms with Gasteiger partial charge >= 0.3 is 5.97 Å². The van der Waals surface area contributed by atoms with E-state index in [4.69, 9.17) is 9.47 Å². The Morgan fingerprint density at radius 3 is 2.24 bits per heavy atom. The maximum atomic E-state index is 13.1. The fraction of sp³-hybridized carbons (Fsp3) is 0.269. The van der Waals surface area contributed by atoms with Crippen LogP contribution < -0.4 is 0 Å². The molecule has 0 aliphatic carbocycles. The summed E-state index contributed by atoms with van der Waals surface area (Å²) < 4.78 is 11.3. The number of methoxy groups -OCH3 is 1. The summed E-state index contributed by atoms with van der Waals surface area (Å²) in [7, 11) is 1.36. The van der Waals surface area contributed by atoms with Crippen molar-refractivity contribution in [2.75, 3.05) is 7.11 Å². The molecule has 0 amide bonds. The number of aromatic nitrogens is 3. The number of aromatic hydroxyl groups is 1. The number of phenolic OH excluding ortho intramolecular Hbond substituents is 1. The predicted molar refractivity (Wildman–Crippen MR) is 123 cm³/mol. The van der Waals surface area contributed by atoms with Crippen molar-refractivity contribution in [3.8, 4) is 11.4 Å². The van der Waals surface area contributed by atoms with Crippen molar-refractivity contribution in [2.24, 2.45) is 0 Å². The summed E-state index contributed by atoms with van der Waals surface area (Å²) in [6, 6.07) is 20.2. The molecule has 2 heterocycles. The predicted octanol–water partition coefficient (Wildman–Crippen LogP) is 4.56. The molecule has 1 fully saturated rings. The molecule has 1 aliphatic heterocycles. The Morgan fingerprint density at radius 2 is 1.67 bits per heavy atom. The fourth-order valence-corrected chi connectivity index (χ4v) is 4.10. The van der Waals surface area contributed by atoms with E-state index >= 15 is 0 Å². The quantitative estimate of drug-likeness (QED) is 0.367. The van der Waals surface area contributed by atoms with Crippen LogP contribution in [0, 0.1) is 0 Å². The Kier molecular flexibility index (Phi) is 4.76. The van der Waals surface area contributed by atoms with Crippen molar-refractivity contribution in [3.05, 3.63) is 83.4 Å². The second-order valence-corrected chi connectivity index (χ2v) is 9.31. The summed E-state index contributed by atoms with van der Waals surface area (Å²) in [4.78, 5) is 14.7. The number of nitrogens with zero attached hydrogens (tertiary/aromatic N) is 3. The minimum absolute atomic E-state index is 0.150. The number of phenols is 1. The third-order valence-electron chi connectivity index (χ3n) is 6.03. The smallest absolute Gasteiger partial charge is 0.346 e. The van der Waals surface area contributed by atoms with Gasteiger partial charge in [0.2, 0.25) is 5.60 Å². The van der Waals surface area contributed by atoms with Gasteiger partial charge in [0.1, 0.15) is 22.9 Å². The van der Waals surface area contributed by atoms with Gasteiger partial charge in [-0.3, -0.25) is 0 Å². The number of ether oxygens (including phenoxy) is 2. The number of carbonyl (C=O) groups excluding carboxylic acids is 1. The van der Waals surface area contributed by atoms with Gasteiger partial charge in [0, 0.05) is 5.56 Å². The molecule has 1 aliphatic rings. The van der Waals surface area contributed by atoms with E-state index in [2.05, 4.69) is 31.0 Å². The van der Waals surface area contributed by atoms with Gasteiger partial charge in [-0.1, -0.05) is 51.1 Å². The molecule has 7 heteroatoms. The average molecular weight is 444 g/mol. The van der Waals surface area contributed by atoms with E-state index in [1.54, 1.807) is 29.1 Å². The van der Waals surface area contributed by atoms with Gasteiger partial charge in [0.15, 0.2) is 0 Å². The molecule has 168 valence electrons. The summed E-state index contributed by atoms with van der Waals surface area (Å²) >= 11 is 0. The van der Waals surface area contributed by atoms with Gasteiger partial charge in [0.05, 0.1) is 12.8 Å². The van der Waals surface area contributed by atoms with Crippen molar-refractivity contribution in [1.82, 2.24) is 15.0 Å². The van der Waals surface area contributed by atoms with Crippen molar-refractivity contribution in [1.29, 1.82) is 0 Å². The number of esters is 1. The van der Waals surface area contributed by atoms with E-state index in [1.807, 2.05) is 42.5 Å². The maximum Gasteiger partial charge on any atom is 0.346 e. The lowest BCUT2D eigenvalue weighted by molar-refractivity contribution is -0.147. The minimum Gasteiger partial charge on any atom is -0.508 e. The summed E-state index contributed by atoms with van der Waals surface area (Å²) in [5, 5.41) is 18.9. The molecular formula is C26H25N3O4. The lowest BCUT2D eigenvalue weighted by atomic mass is 9.82. The molecule has 2 atom stereocenters. The van der Waals surface area contributed by atoms with E-state index in [0.29, 0.717) is 5.56 Å². The number of rotatable bonds is 4. The van der Waals surface area contributed by atoms with Crippen LogP contribution in [0.1, 0.15) is 43.6 Å². The van der Waals surface area contributed by atoms with Gasteiger partial charge < -0.3 is 14.6 Å². The molecule has 0 radical (unpaired) electrons. The molecule has 5 rings (SSSR count). The van der Waals surface area contributed by atoms with Crippen LogP contribution in [0.2, 0.25) is 0 Å². The number of fused-ring (bicyclic) bond motifs is 1. The van der Waals surface area contributed by atoms with Gasteiger partial charge in [-0.15, -0.1) is 10.2 Å². The Hall–Kier alpha value is -3.71. The molecule has 0 spiro atoms. The lowest BCUT2D eigenvalue weighted by Gasteiger charge is -2.22. The zero-order chi connectivity index (χ0) is 23.4. The van der Waals surface area contributed by atoms with E-state index in [-0.39, 0.29) is 11.2 Å². The first-order valence-corrected chi connectivity index (χ1v) is 10.8. The van der Waals surface area contributed by atoms with Crippen LogP contribution in [0.5, 0.6) is 5.75 Å². The van der Waals surface area contributed by atoms with Crippen LogP contribution in [0.15, 0.2) is 66.7 Å². The van der Waals surface area contributed by atoms with Crippen LogP contribution in [-0.2, 0) is 25.3 Å². The van der Waals surface area contributed by atoms with Crippen LogP contribution in [0.25, 0.3) is 16.7 Å². The summed E-state index contributed by atoms with van der Waals surface area (Å²) in [5.41, 5.74) is 3.29. The number of carbonyl (C=O) groups is 1. The Balaban J connectivity index is 1.67. The van der Waals surface area contributed by atoms with Crippen LogP contribution >= 0.6 is 0 Å². The Bertz CT molecular complexity index is 1320. The molecule has 7 nitrogen and oxygen atoms in total. The first kappa shape index (κ1) is 21.2. The molecule has 0 saturated carbocycles. The largest absolute Gasteiger partial charge is 0.508 e. The van der Waals surface area contributed by atoms with E-state index in [9.17, 15) is 9.90 Å². The van der Waals surface area contributed by atoms with E-state index in [1.165, 1.54) is 7.11 Å². The normalized spacial score (nSPS) is 20.1. The Labute approximate surface area is 191 Å². The van der Waals surface area contributed by atoms with Gasteiger partial charge in [0.25, 0.3) is 0 Å². The van der Waals surface area contributed by atoms with Crippen molar-refractivity contribution < 1.29 is 19.4 Å². The van der Waals surface area contributed by atoms with Crippen molar-refractivity contribution in [3.63, 3.8) is 0 Å².